The molecule has 2 heterocycles. The summed E-state index contributed by atoms with van der Waals surface area (Å²) in [7, 11) is 0. The highest BCUT2D eigenvalue weighted by atomic mass is 127. The lowest BCUT2D eigenvalue weighted by Gasteiger charge is -2.18. The van der Waals surface area contributed by atoms with E-state index in [2.05, 4.69) is 44.8 Å². The van der Waals surface area contributed by atoms with Gasteiger partial charge in [0.2, 0.25) is 0 Å². The van der Waals surface area contributed by atoms with Crippen molar-refractivity contribution >= 4 is 29.9 Å². The minimum absolute atomic E-state index is 0. The van der Waals surface area contributed by atoms with Crippen LogP contribution in [0, 0.1) is 5.92 Å². The number of nitrogens with zero attached hydrogens (tertiary/aromatic N) is 3. The van der Waals surface area contributed by atoms with Gasteiger partial charge in [0.1, 0.15) is 0 Å². The van der Waals surface area contributed by atoms with Crippen LogP contribution in [0.3, 0.4) is 0 Å². The van der Waals surface area contributed by atoms with Gasteiger partial charge in [0.05, 0.1) is 13.1 Å². The molecule has 0 amide bonds. The van der Waals surface area contributed by atoms with E-state index >= 15 is 0 Å². The normalized spacial score (nSPS) is 20.6. The van der Waals surface area contributed by atoms with Gasteiger partial charge in [-0.1, -0.05) is 24.3 Å². The zero-order valence-electron chi connectivity index (χ0n) is 18.3. The quantitative estimate of drug-likeness (QED) is 0.292. The third kappa shape index (κ3) is 9.53. The summed E-state index contributed by atoms with van der Waals surface area (Å²) in [5.41, 5.74) is 2.48. The van der Waals surface area contributed by atoms with E-state index in [1.54, 1.807) is 0 Å². The van der Waals surface area contributed by atoms with E-state index in [0.29, 0.717) is 32.1 Å². The molecular weight excluding hydrogens is 518 g/mol. The second-order valence-corrected chi connectivity index (χ2v) is 8.38. The Kier molecular flexibility index (Phi) is 10.8. The van der Waals surface area contributed by atoms with E-state index in [4.69, 9.17) is 0 Å². The third-order valence-electron chi connectivity index (χ3n) is 5.72. The zero-order valence-corrected chi connectivity index (χ0v) is 20.6. The molecule has 31 heavy (non-hydrogen) atoms. The van der Waals surface area contributed by atoms with Gasteiger partial charge in [0, 0.05) is 26.2 Å². The molecule has 0 aromatic heterocycles. The van der Waals surface area contributed by atoms with Gasteiger partial charge in [0.25, 0.3) is 0 Å². The maximum Gasteiger partial charge on any atom is 0.401 e. The molecule has 9 heteroatoms. The predicted molar refractivity (Wildman–Crippen MR) is 130 cm³/mol. The van der Waals surface area contributed by atoms with Crippen LogP contribution in [0.2, 0.25) is 0 Å². The summed E-state index contributed by atoms with van der Waals surface area (Å²) >= 11 is 0. The number of halogens is 4. The van der Waals surface area contributed by atoms with Crippen molar-refractivity contribution in [1.29, 1.82) is 0 Å². The first-order chi connectivity index (χ1) is 14.4. The van der Waals surface area contributed by atoms with Crippen LogP contribution in [0.4, 0.5) is 13.2 Å². The van der Waals surface area contributed by atoms with Crippen LogP contribution in [0.5, 0.6) is 0 Å². The Bertz CT molecular complexity index is 675. The van der Waals surface area contributed by atoms with Gasteiger partial charge < -0.3 is 10.6 Å². The number of benzene rings is 1. The van der Waals surface area contributed by atoms with Gasteiger partial charge >= 0.3 is 6.18 Å². The molecule has 2 N–H and O–H groups in total. The minimum atomic E-state index is -4.12. The number of hydrogen-bond acceptors (Lipinski definition) is 3. The molecule has 0 spiro atoms. The van der Waals surface area contributed by atoms with Crippen molar-refractivity contribution in [3.05, 3.63) is 35.4 Å². The molecule has 1 aromatic rings. The lowest BCUT2D eigenvalue weighted by atomic mass is 10.1. The summed E-state index contributed by atoms with van der Waals surface area (Å²) in [6.07, 6.45) is -0.744. The predicted octanol–water partition coefficient (Wildman–Crippen LogP) is 3.84. The highest BCUT2D eigenvalue weighted by Gasteiger charge is 2.34. The number of alkyl halides is 3. The maximum atomic E-state index is 12.5. The number of nitrogens with one attached hydrogen (secondary N) is 2. The summed E-state index contributed by atoms with van der Waals surface area (Å²) in [5.74, 6) is 0.925. The molecule has 2 aliphatic heterocycles. The molecule has 0 bridgehead atoms. The Hall–Kier alpha value is -1.07. The summed E-state index contributed by atoms with van der Waals surface area (Å²) in [6, 6.07) is 8.61. The van der Waals surface area contributed by atoms with Crippen molar-refractivity contribution in [2.24, 2.45) is 10.9 Å². The van der Waals surface area contributed by atoms with Gasteiger partial charge in [-0.2, -0.15) is 13.2 Å². The van der Waals surface area contributed by atoms with Crippen molar-refractivity contribution < 1.29 is 13.2 Å². The third-order valence-corrected chi connectivity index (χ3v) is 5.72. The van der Waals surface area contributed by atoms with E-state index in [0.717, 1.165) is 25.1 Å². The molecule has 1 atom stereocenters. The number of guanidine groups is 1. The van der Waals surface area contributed by atoms with Crippen LogP contribution < -0.4 is 10.6 Å². The van der Waals surface area contributed by atoms with Gasteiger partial charge in [0.15, 0.2) is 5.96 Å². The van der Waals surface area contributed by atoms with E-state index in [1.807, 2.05) is 6.92 Å². The van der Waals surface area contributed by atoms with E-state index in [-0.39, 0.29) is 29.9 Å². The van der Waals surface area contributed by atoms with E-state index in [9.17, 15) is 13.2 Å². The Labute approximate surface area is 200 Å². The second kappa shape index (κ2) is 12.8. The van der Waals surface area contributed by atoms with Crippen LogP contribution in [0.25, 0.3) is 0 Å². The summed E-state index contributed by atoms with van der Waals surface area (Å²) < 4.78 is 37.6. The second-order valence-electron chi connectivity index (χ2n) is 8.38. The molecule has 176 valence electrons. The van der Waals surface area contributed by atoms with Crippen LogP contribution >= 0.6 is 24.0 Å². The first-order valence-electron chi connectivity index (χ1n) is 11.0. The number of hydrogen-bond donors (Lipinski definition) is 2. The molecule has 3 rings (SSSR count). The summed E-state index contributed by atoms with van der Waals surface area (Å²) in [6.45, 7) is 7.52. The van der Waals surface area contributed by atoms with Gasteiger partial charge in [-0.25, -0.2) is 4.99 Å². The highest BCUT2D eigenvalue weighted by molar-refractivity contribution is 14.0. The number of aliphatic imine (C=N–C) groups is 1. The highest BCUT2D eigenvalue weighted by Crippen LogP contribution is 2.22. The van der Waals surface area contributed by atoms with Crippen molar-refractivity contribution in [1.82, 2.24) is 20.4 Å². The van der Waals surface area contributed by atoms with Crippen molar-refractivity contribution in [2.45, 2.75) is 45.5 Å². The first-order valence-corrected chi connectivity index (χ1v) is 11.0. The fraction of sp³-hybridized carbons (Fsp3) is 0.682. The lowest BCUT2D eigenvalue weighted by molar-refractivity contribution is -0.143. The maximum absolute atomic E-state index is 12.5. The number of rotatable bonds is 8. The average Bonchev–Trinajstić information content (AvgIpc) is 3.36. The van der Waals surface area contributed by atoms with Crippen LogP contribution in [0.15, 0.2) is 29.3 Å². The minimum Gasteiger partial charge on any atom is -0.357 e. The lowest BCUT2D eigenvalue weighted by Crippen LogP contribution is -2.40. The monoisotopic (exact) mass is 553 g/mol. The van der Waals surface area contributed by atoms with Crippen molar-refractivity contribution in [2.75, 3.05) is 45.8 Å². The van der Waals surface area contributed by atoms with Crippen molar-refractivity contribution in [3.8, 4) is 0 Å². The van der Waals surface area contributed by atoms with Crippen LogP contribution in [-0.4, -0.2) is 67.7 Å². The Morgan fingerprint density at radius 2 is 1.71 bits per heavy atom. The molecule has 0 saturated carbocycles. The summed E-state index contributed by atoms with van der Waals surface area (Å²) in [5, 5.41) is 6.52. The first kappa shape index (κ1) is 26.2. The van der Waals surface area contributed by atoms with Crippen LogP contribution in [0.1, 0.15) is 37.3 Å². The van der Waals surface area contributed by atoms with Gasteiger partial charge in [-0.15, -0.1) is 24.0 Å². The molecule has 1 aromatic carbocycles. The fourth-order valence-corrected chi connectivity index (χ4v) is 4.18. The van der Waals surface area contributed by atoms with Crippen LogP contribution in [-0.2, 0) is 13.1 Å². The largest absolute Gasteiger partial charge is 0.401 e. The standard InChI is InChI=1S/C22H34F3N5.HI/c1-2-26-21(28-14-20-9-12-30(16-20)17-22(23,24)25)27-13-18-5-7-19(8-6-18)15-29-10-3-4-11-29;/h5-8,20H,2-4,9-17H2,1H3,(H2,26,27,28);1H. The Balaban J connectivity index is 0.00000341. The Morgan fingerprint density at radius 3 is 2.35 bits per heavy atom. The van der Waals surface area contributed by atoms with Gasteiger partial charge in [-0.05, 0) is 62.9 Å². The molecular formula is C22H35F3IN5. The van der Waals surface area contributed by atoms with E-state index < -0.39 is 12.7 Å². The molecule has 5 nitrogen and oxygen atoms in total. The zero-order chi connectivity index (χ0) is 21.4. The molecule has 1 unspecified atom stereocenters. The van der Waals surface area contributed by atoms with Crippen molar-refractivity contribution in [3.63, 3.8) is 0 Å². The summed E-state index contributed by atoms with van der Waals surface area (Å²) in [4.78, 5) is 8.62. The number of likely N-dealkylation sites (tertiary alicyclic amines) is 2. The molecule has 2 aliphatic rings. The topological polar surface area (TPSA) is 42.9 Å². The van der Waals surface area contributed by atoms with Gasteiger partial charge in [-0.3, -0.25) is 9.80 Å². The molecule has 0 radical (unpaired) electrons. The molecule has 0 aliphatic carbocycles. The SMILES string of the molecule is CCNC(=NCc1ccc(CN2CCCC2)cc1)NCC1CCN(CC(F)(F)F)C1.I. The smallest absolute Gasteiger partial charge is 0.357 e. The Morgan fingerprint density at radius 1 is 1.03 bits per heavy atom. The molecule has 2 saturated heterocycles. The average molecular weight is 553 g/mol. The fourth-order valence-electron chi connectivity index (χ4n) is 4.18. The van der Waals surface area contributed by atoms with E-state index in [1.165, 1.54) is 36.4 Å². The molecule has 2 fully saturated rings.